The molecule has 1 aromatic carbocycles. The SMILES string of the molecule is COc1ccc(C(=O)NCC(c2ccc(C)o2)N2CCOCC2)cc1S(=O)(=O)NC(C)C. The van der Waals surface area contributed by atoms with Crippen LogP contribution in [0, 0.1) is 6.92 Å². The van der Waals surface area contributed by atoms with Crippen molar-refractivity contribution < 1.29 is 27.1 Å². The molecule has 0 spiro atoms. The molecule has 9 nitrogen and oxygen atoms in total. The van der Waals surface area contributed by atoms with Crippen molar-refractivity contribution in [2.24, 2.45) is 0 Å². The number of carbonyl (C=O) groups excluding carboxylic acids is 1. The monoisotopic (exact) mass is 465 g/mol. The molecule has 10 heteroatoms. The highest BCUT2D eigenvalue weighted by atomic mass is 32.2. The van der Waals surface area contributed by atoms with Gasteiger partial charge in [-0.2, -0.15) is 0 Å². The minimum Gasteiger partial charge on any atom is -0.495 e. The van der Waals surface area contributed by atoms with Crippen LogP contribution in [0.1, 0.15) is 41.8 Å². The van der Waals surface area contributed by atoms with Crippen LogP contribution in [-0.4, -0.2) is 65.2 Å². The fourth-order valence-electron chi connectivity index (χ4n) is 3.62. The third-order valence-corrected chi connectivity index (χ3v) is 6.82. The highest BCUT2D eigenvalue weighted by Gasteiger charge is 2.27. The maximum Gasteiger partial charge on any atom is 0.251 e. The van der Waals surface area contributed by atoms with Gasteiger partial charge in [-0.3, -0.25) is 9.69 Å². The van der Waals surface area contributed by atoms with Crippen molar-refractivity contribution in [2.75, 3.05) is 40.0 Å². The third-order valence-electron chi connectivity index (χ3n) is 5.14. The first-order chi connectivity index (χ1) is 15.2. The average molecular weight is 466 g/mol. The van der Waals surface area contributed by atoms with Gasteiger partial charge in [-0.05, 0) is 51.1 Å². The Hall–Kier alpha value is -2.40. The lowest BCUT2D eigenvalue weighted by molar-refractivity contribution is 0.0117. The molecule has 1 fully saturated rings. The Labute approximate surface area is 189 Å². The summed E-state index contributed by atoms with van der Waals surface area (Å²) in [6.45, 7) is 8.33. The molecule has 3 rings (SSSR count). The first kappa shape index (κ1) is 24.2. The zero-order valence-corrected chi connectivity index (χ0v) is 19.7. The first-order valence-electron chi connectivity index (χ1n) is 10.6. The van der Waals surface area contributed by atoms with Crippen molar-refractivity contribution in [1.29, 1.82) is 0 Å². The smallest absolute Gasteiger partial charge is 0.251 e. The Kier molecular flexibility index (Phi) is 7.94. The minimum atomic E-state index is -3.84. The van der Waals surface area contributed by atoms with Crippen LogP contribution in [0.4, 0.5) is 0 Å². The number of nitrogens with zero attached hydrogens (tertiary/aromatic N) is 1. The van der Waals surface area contributed by atoms with E-state index in [-0.39, 0.29) is 34.2 Å². The largest absolute Gasteiger partial charge is 0.495 e. The van der Waals surface area contributed by atoms with Gasteiger partial charge in [0.25, 0.3) is 5.91 Å². The molecule has 0 aliphatic carbocycles. The van der Waals surface area contributed by atoms with E-state index >= 15 is 0 Å². The molecule has 32 heavy (non-hydrogen) atoms. The molecular weight excluding hydrogens is 434 g/mol. The number of hydrogen-bond donors (Lipinski definition) is 2. The lowest BCUT2D eigenvalue weighted by Gasteiger charge is -2.33. The van der Waals surface area contributed by atoms with Gasteiger partial charge >= 0.3 is 0 Å². The highest BCUT2D eigenvalue weighted by Crippen LogP contribution is 2.26. The number of benzene rings is 1. The van der Waals surface area contributed by atoms with Gasteiger partial charge in [0.2, 0.25) is 10.0 Å². The standard InChI is InChI=1S/C22H31N3O6S/c1-15(2)24-32(27,28)21-13-17(6-8-20(21)29-4)22(26)23-14-18(19-7-5-16(3)31-19)25-9-11-30-12-10-25/h5-8,13,15,18,24H,9-12,14H2,1-4H3,(H,23,26). The number of methoxy groups -OCH3 is 1. The lowest BCUT2D eigenvalue weighted by atomic mass is 10.1. The Balaban J connectivity index is 1.80. The molecule has 2 aromatic rings. The van der Waals surface area contributed by atoms with Crippen molar-refractivity contribution in [3.63, 3.8) is 0 Å². The van der Waals surface area contributed by atoms with Gasteiger partial charge in [-0.1, -0.05) is 0 Å². The molecule has 0 radical (unpaired) electrons. The number of furan rings is 1. The predicted molar refractivity (Wildman–Crippen MR) is 119 cm³/mol. The molecule has 1 aliphatic rings. The van der Waals surface area contributed by atoms with Crippen LogP contribution >= 0.6 is 0 Å². The van der Waals surface area contributed by atoms with Crippen molar-refractivity contribution in [1.82, 2.24) is 14.9 Å². The van der Waals surface area contributed by atoms with E-state index in [2.05, 4.69) is 14.9 Å². The second-order valence-corrected chi connectivity index (χ2v) is 9.65. The maximum atomic E-state index is 12.9. The van der Waals surface area contributed by atoms with Gasteiger partial charge in [-0.25, -0.2) is 13.1 Å². The van der Waals surface area contributed by atoms with E-state index in [4.69, 9.17) is 13.9 Å². The molecule has 1 atom stereocenters. The summed E-state index contributed by atoms with van der Waals surface area (Å²) in [5.74, 6) is 1.36. The van der Waals surface area contributed by atoms with E-state index in [1.54, 1.807) is 19.9 Å². The summed E-state index contributed by atoms with van der Waals surface area (Å²) in [6.07, 6.45) is 0. The van der Waals surface area contributed by atoms with E-state index in [1.165, 1.54) is 19.2 Å². The number of amides is 1. The summed E-state index contributed by atoms with van der Waals surface area (Å²) >= 11 is 0. The summed E-state index contributed by atoms with van der Waals surface area (Å²) in [5.41, 5.74) is 0.228. The van der Waals surface area contributed by atoms with Crippen molar-refractivity contribution in [2.45, 2.75) is 37.8 Å². The highest BCUT2D eigenvalue weighted by molar-refractivity contribution is 7.89. The van der Waals surface area contributed by atoms with E-state index in [1.807, 2.05) is 19.1 Å². The van der Waals surface area contributed by atoms with Crippen molar-refractivity contribution >= 4 is 15.9 Å². The number of carbonyl (C=O) groups is 1. The van der Waals surface area contributed by atoms with Gasteiger partial charge in [0.05, 0.1) is 26.4 Å². The molecule has 2 N–H and O–H groups in total. The molecular formula is C22H31N3O6S. The molecule has 2 heterocycles. The summed E-state index contributed by atoms with van der Waals surface area (Å²) in [5, 5.41) is 2.92. The second-order valence-electron chi connectivity index (χ2n) is 7.96. The normalized spacial score (nSPS) is 16.2. The number of aryl methyl sites for hydroxylation is 1. The van der Waals surface area contributed by atoms with E-state index in [0.717, 1.165) is 24.6 Å². The summed E-state index contributed by atoms with van der Waals surface area (Å²) in [6, 6.07) is 7.72. The number of rotatable bonds is 9. The minimum absolute atomic E-state index is 0.0762. The van der Waals surface area contributed by atoms with Crippen molar-refractivity contribution in [3.05, 3.63) is 47.4 Å². The Morgan fingerprint density at radius 3 is 2.50 bits per heavy atom. The summed E-state index contributed by atoms with van der Waals surface area (Å²) in [4.78, 5) is 15.1. The Morgan fingerprint density at radius 2 is 1.91 bits per heavy atom. The third kappa shape index (κ3) is 5.89. The maximum absolute atomic E-state index is 12.9. The predicted octanol–water partition coefficient (Wildman–Crippen LogP) is 2.09. The van der Waals surface area contributed by atoms with Crippen LogP contribution in [-0.2, 0) is 14.8 Å². The second kappa shape index (κ2) is 10.5. The topological polar surface area (TPSA) is 110 Å². The first-order valence-corrected chi connectivity index (χ1v) is 12.1. The molecule has 1 unspecified atom stereocenters. The van der Waals surface area contributed by atoms with Gasteiger partial charge < -0.3 is 19.2 Å². The molecule has 176 valence electrons. The van der Waals surface area contributed by atoms with E-state index < -0.39 is 10.0 Å². The quantitative estimate of drug-likeness (QED) is 0.583. The zero-order chi connectivity index (χ0) is 23.3. The molecule has 1 saturated heterocycles. The molecule has 0 saturated carbocycles. The lowest BCUT2D eigenvalue weighted by Crippen LogP contribution is -2.43. The van der Waals surface area contributed by atoms with Gasteiger partial charge in [0.15, 0.2) is 0 Å². The van der Waals surface area contributed by atoms with E-state index in [0.29, 0.717) is 19.8 Å². The van der Waals surface area contributed by atoms with Gasteiger partial charge in [0.1, 0.15) is 22.2 Å². The molecule has 1 amide bonds. The van der Waals surface area contributed by atoms with Crippen LogP contribution in [0.25, 0.3) is 0 Å². The van der Waals surface area contributed by atoms with Crippen LogP contribution in [0.3, 0.4) is 0 Å². The van der Waals surface area contributed by atoms with Crippen LogP contribution in [0.15, 0.2) is 39.6 Å². The van der Waals surface area contributed by atoms with E-state index in [9.17, 15) is 13.2 Å². The number of hydrogen-bond acceptors (Lipinski definition) is 7. The average Bonchev–Trinajstić information content (AvgIpc) is 3.19. The van der Waals surface area contributed by atoms with Crippen LogP contribution < -0.4 is 14.8 Å². The number of morpholine rings is 1. The summed E-state index contributed by atoms with van der Waals surface area (Å²) < 4.78 is 44.4. The molecule has 0 bridgehead atoms. The van der Waals surface area contributed by atoms with Gasteiger partial charge in [-0.15, -0.1) is 0 Å². The molecule has 1 aromatic heterocycles. The summed E-state index contributed by atoms with van der Waals surface area (Å²) in [7, 11) is -2.45. The number of ether oxygens (including phenoxy) is 2. The molecule has 1 aliphatic heterocycles. The zero-order valence-electron chi connectivity index (χ0n) is 18.9. The number of nitrogens with one attached hydrogen (secondary N) is 2. The Morgan fingerprint density at radius 1 is 1.19 bits per heavy atom. The fourth-order valence-corrected chi connectivity index (χ4v) is 5.07. The fraction of sp³-hybridized carbons (Fsp3) is 0.500. The number of sulfonamides is 1. The van der Waals surface area contributed by atoms with Gasteiger partial charge in [0, 0.05) is 31.2 Å². The van der Waals surface area contributed by atoms with Crippen molar-refractivity contribution in [3.8, 4) is 5.75 Å². The van der Waals surface area contributed by atoms with Crippen LogP contribution in [0.5, 0.6) is 5.75 Å². The Bertz CT molecular complexity index is 1030. The van der Waals surface area contributed by atoms with Crippen LogP contribution in [0.2, 0.25) is 0 Å².